The standard InChI is InChI=1S/C24H25ClN4O2.ClH/c1-16-2-4-19-20(26-16)13-18(25)14-22(19)29-10-8-28(9-11-29)7-6-17-3-5-23-21(12-17)27-24(30)15-31-23;/h2-5,12-14H,6-11,15H2,1H3,(H,27,30);1H. The van der Waals surface area contributed by atoms with E-state index in [1.165, 1.54) is 11.3 Å². The number of rotatable bonds is 4. The Morgan fingerprint density at radius 1 is 1.09 bits per heavy atom. The van der Waals surface area contributed by atoms with Gasteiger partial charge in [0, 0.05) is 54.5 Å². The number of hydrogen-bond donors (Lipinski definition) is 1. The van der Waals surface area contributed by atoms with Crippen LogP contribution in [0.25, 0.3) is 10.9 Å². The Bertz CT molecular complexity index is 1140. The molecule has 2 aromatic carbocycles. The molecule has 0 bridgehead atoms. The van der Waals surface area contributed by atoms with Crippen LogP contribution in [0.5, 0.6) is 5.75 Å². The van der Waals surface area contributed by atoms with Crippen molar-refractivity contribution in [3.8, 4) is 5.75 Å². The number of piperazine rings is 1. The van der Waals surface area contributed by atoms with Gasteiger partial charge in [0.05, 0.1) is 11.2 Å². The van der Waals surface area contributed by atoms with Crippen LogP contribution in [0.1, 0.15) is 11.3 Å². The highest BCUT2D eigenvalue weighted by molar-refractivity contribution is 6.31. The molecule has 0 saturated carbocycles. The molecule has 0 spiro atoms. The van der Waals surface area contributed by atoms with Crippen molar-refractivity contribution in [2.45, 2.75) is 13.3 Å². The minimum Gasteiger partial charge on any atom is -0.482 e. The van der Waals surface area contributed by atoms with Crippen molar-refractivity contribution in [2.75, 3.05) is 49.5 Å². The molecular formula is C24H26Cl2N4O2. The lowest BCUT2D eigenvalue weighted by Gasteiger charge is -2.36. The first kappa shape index (κ1) is 22.6. The zero-order valence-electron chi connectivity index (χ0n) is 17.9. The Labute approximate surface area is 198 Å². The number of fused-ring (bicyclic) bond motifs is 2. The number of aromatic nitrogens is 1. The lowest BCUT2D eigenvalue weighted by atomic mass is 10.1. The molecule has 32 heavy (non-hydrogen) atoms. The monoisotopic (exact) mass is 472 g/mol. The van der Waals surface area contributed by atoms with Crippen LogP contribution in [-0.4, -0.2) is 55.1 Å². The zero-order valence-corrected chi connectivity index (χ0v) is 19.5. The SMILES string of the molecule is Cc1ccc2c(N3CCN(CCc4ccc5c(c4)NC(=O)CO5)CC3)cc(Cl)cc2n1.Cl. The number of anilines is 2. The first-order valence-electron chi connectivity index (χ1n) is 10.6. The maximum Gasteiger partial charge on any atom is 0.262 e. The summed E-state index contributed by atoms with van der Waals surface area (Å²) in [5, 5.41) is 4.77. The fraction of sp³-hybridized carbons (Fsp3) is 0.333. The molecule has 8 heteroatoms. The molecule has 0 radical (unpaired) electrons. The van der Waals surface area contributed by atoms with Gasteiger partial charge < -0.3 is 15.0 Å². The van der Waals surface area contributed by atoms with Gasteiger partial charge in [-0.2, -0.15) is 0 Å². The Balaban J connectivity index is 0.00000245. The predicted molar refractivity (Wildman–Crippen MR) is 132 cm³/mol. The number of amides is 1. The van der Waals surface area contributed by atoms with Crippen molar-refractivity contribution >= 4 is 52.2 Å². The van der Waals surface area contributed by atoms with E-state index in [2.05, 4.69) is 44.4 Å². The fourth-order valence-corrected chi connectivity index (χ4v) is 4.54. The summed E-state index contributed by atoms with van der Waals surface area (Å²) in [6.45, 7) is 6.99. The van der Waals surface area contributed by atoms with Crippen molar-refractivity contribution in [1.29, 1.82) is 0 Å². The second-order valence-corrected chi connectivity index (χ2v) is 8.63. The largest absolute Gasteiger partial charge is 0.482 e. The van der Waals surface area contributed by atoms with E-state index in [-0.39, 0.29) is 24.9 Å². The number of pyridine rings is 1. The van der Waals surface area contributed by atoms with Crippen LogP contribution >= 0.6 is 24.0 Å². The van der Waals surface area contributed by atoms with Gasteiger partial charge in [-0.25, -0.2) is 0 Å². The molecule has 1 fully saturated rings. The molecule has 3 aromatic rings. The summed E-state index contributed by atoms with van der Waals surface area (Å²) in [5.74, 6) is 0.648. The van der Waals surface area contributed by atoms with Gasteiger partial charge in [-0.05, 0) is 55.3 Å². The van der Waals surface area contributed by atoms with E-state index in [1.54, 1.807) is 0 Å². The van der Waals surface area contributed by atoms with Crippen molar-refractivity contribution in [3.05, 3.63) is 58.7 Å². The summed E-state index contributed by atoms with van der Waals surface area (Å²) >= 11 is 6.39. The summed E-state index contributed by atoms with van der Waals surface area (Å²) in [7, 11) is 0. The third-order valence-electron chi connectivity index (χ3n) is 6.00. The normalized spacial score (nSPS) is 16.2. The van der Waals surface area contributed by atoms with Crippen LogP contribution in [0, 0.1) is 6.92 Å². The molecule has 1 amide bonds. The molecule has 0 aliphatic carbocycles. The van der Waals surface area contributed by atoms with Crippen molar-refractivity contribution in [3.63, 3.8) is 0 Å². The minimum absolute atomic E-state index is 0. The van der Waals surface area contributed by atoms with Gasteiger partial charge in [-0.15, -0.1) is 12.4 Å². The number of ether oxygens (including phenoxy) is 1. The first-order chi connectivity index (χ1) is 15.0. The number of nitrogens with one attached hydrogen (secondary N) is 1. The Morgan fingerprint density at radius 2 is 1.91 bits per heavy atom. The van der Waals surface area contributed by atoms with E-state index in [0.29, 0.717) is 0 Å². The molecule has 6 nitrogen and oxygen atoms in total. The van der Waals surface area contributed by atoms with E-state index in [9.17, 15) is 4.79 Å². The van der Waals surface area contributed by atoms with Crippen LogP contribution in [0.3, 0.4) is 0 Å². The van der Waals surface area contributed by atoms with Crippen molar-refractivity contribution in [1.82, 2.24) is 9.88 Å². The maximum atomic E-state index is 11.5. The number of halogens is 2. The van der Waals surface area contributed by atoms with Gasteiger partial charge in [-0.3, -0.25) is 14.7 Å². The molecule has 0 atom stereocenters. The Hall–Kier alpha value is -2.54. The van der Waals surface area contributed by atoms with Crippen molar-refractivity contribution in [2.24, 2.45) is 0 Å². The number of benzene rings is 2. The van der Waals surface area contributed by atoms with E-state index >= 15 is 0 Å². The fourth-order valence-electron chi connectivity index (χ4n) is 4.33. The molecule has 0 unspecified atom stereocenters. The molecule has 5 rings (SSSR count). The van der Waals surface area contributed by atoms with Crippen LogP contribution in [0.4, 0.5) is 11.4 Å². The maximum absolute atomic E-state index is 11.5. The quantitative estimate of drug-likeness (QED) is 0.612. The van der Waals surface area contributed by atoms with E-state index in [0.717, 1.165) is 72.2 Å². The molecule has 2 aliphatic heterocycles. The van der Waals surface area contributed by atoms with E-state index < -0.39 is 0 Å². The molecule has 168 valence electrons. The second kappa shape index (κ2) is 9.53. The van der Waals surface area contributed by atoms with Gasteiger partial charge in [0.2, 0.25) is 0 Å². The molecule has 2 aliphatic rings. The summed E-state index contributed by atoms with van der Waals surface area (Å²) in [5.41, 5.74) is 5.09. The van der Waals surface area contributed by atoms with Gasteiger partial charge in [-0.1, -0.05) is 17.7 Å². The molecule has 3 heterocycles. The predicted octanol–water partition coefficient (Wildman–Crippen LogP) is 4.31. The topological polar surface area (TPSA) is 57.7 Å². The summed E-state index contributed by atoms with van der Waals surface area (Å²) in [6, 6.07) is 14.3. The average molecular weight is 473 g/mol. The highest BCUT2D eigenvalue weighted by atomic mass is 35.5. The second-order valence-electron chi connectivity index (χ2n) is 8.19. The summed E-state index contributed by atoms with van der Waals surface area (Å²) < 4.78 is 5.44. The summed E-state index contributed by atoms with van der Waals surface area (Å²) in [4.78, 5) is 21.1. The van der Waals surface area contributed by atoms with Crippen LogP contribution < -0.4 is 15.0 Å². The van der Waals surface area contributed by atoms with Crippen LogP contribution in [0.15, 0.2) is 42.5 Å². The summed E-state index contributed by atoms with van der Waals surface area (Å²) in [6.07, 6.45) is 0.937. The molecule has 1 saturated heterocycles. The number of nitrogens with zero attached hydrogens (tertiary/aromatic N) is 3. The number of carbonyl (C=O) groups excluding carboxylic acids is 1. The molecule has 1 N–H and O–H groups in total. The van der Waals surface area contributed by atoms with Gasteiger partial charge in [0.15, 0.2) is 6.61 Å². The van der Waals surface area contributed by atoms with Crippen LogP contribution in [0.2, 0.25) is 5.02 Å². The Kier molecular flexibility index (Phi) is 6.74. The third kappa shape index (κ3) is 4.77. The lowest BCUT2D eigenvalue weighted by Crippen LogP contribution is -2.47. The molecule has 1 aromatic heterocycles. The first-order valence-corrected chi connectivity index (χ1v) is 11.0. The molecular weight excluding hydrogens is 447 g/mol. The zero-order chi connectivity index (χ0) is 21.4. The minimum atomic E-state index is -0.0975. The average Bonchev–Trinajstić information content (AvgIpc) is 2.77. The number of carbonyl (C=O) groups is 1. The van der Waals surface area contributed by atoms with Gasteiger partial charge in [0.25, 0.3) is 5.91 Å². The number of aryl methyl sites for hydroxylation is 1. The third-order valence-corrected chi connectivity index (χ3v) is 6.21. The highest BCUT2D eigenvalue weighted by Crippen LogP contribution is 2.31. The number of hydrogen-bond acceptors (Lipinski definition) is 5. The highest BCUT2D eigenvalue weighted by Gasteiger charge is 2.20. The lowest BCUT2D eigenvalue weighted by molar-refractivity contribution is -0.118. The van der Waals surface area contributed by atoms with E-state index in [4.69, 9.17) is 16.3 Å². The smallest absolute Gasteiger partial charge is 0.262 e. The van der Waals surface area contributed by atoms with Crippen LogP contribution in [-0.2, 0) is 11.2 Å². The van der Waals surface area contributed by atoms with E-state index in [1.807, 2.05) is 25.1 Å². The van der Waals surface area contributed by atoms with Gasteiger partial charge >= 0.3 is 0 Å². The van der Waals surface area contributed by atoms with Crippen molar-refractivity contribution < 1.29 is 9.53 Å². The van der Waals surface area contributed by atoms with Gasteiger partial charge in [0.1, 0.15) is 5.75 Å². The Morgan fingerprint density at radius 3 is 2.72 bits per heavy atom.